The molecule has 0 unspecified atom stereocenters. The van der Waals surface area contributed by atoms with E-state index in [0.29, 0.717) is 33.9 Å². The standard InChI is InChI=1S/C25H25N5O3S/c1-16-23-21(15-22(17-12-13-17)27-24(23)29(2)28-16)25(31)26-18-8-7-11-20(14-18)34(32,33)30(3)19-9-5-4-6-10-19/h4-11,14-15,17H,12-13H2,1-3H3,(H,26,31). The molecule has 0 spiro atoms. The van der Waals surface area contributed by atoms with Crippen molar-refractivity contribution in [3.05, 3.63) is 77.6 Å². The number of rotatable bonds is 6. The van der Waals surface area contributed by atoms with Gasteiger partial charge in [-0.05, 0) is 56.2 Å². The number of benzene rings is 2. The van der Waals surface area contributed by atoms with Crippen molar-refractivity contribution in [2.75, 3.05) is 16.7 Å². The van der Waals surface area contributed by atoms with E-state index in [0.717, 1.165) is 24.2 Å². The minimum Gasteiger partial charge on any atom is -0.322 e. The summed E-state index contributed by atoms with van der Waals surface area (Å²) in [6.45, 7) is 1.85. The number of pyridine rings is 1. The number of hydrogen-bond acceptors (Lipinski definition) is 5. The van der Waals surface area contributed by atoms with E-state index in [9.17, 15) is 13.2 Å². The Kier molecular flexibility index (Phi) is 5.36. The molecule has 1 fully saturated rings. The lowest BCUT2D eigenvalue weighted by Gasteiger charge is -2.20. The summed E-state index contributed by atoms with van der Waals surface area (Å²) >= 11 is 0. The van der Waals surface area contributed by atoms with Crippen LogP contribution < -0.4 is 9.62 Å². The molecule has 1 amide bonds. The Morgan fingerprint density at radius 1 is 1.09 bits per heavy atom. The van der Waals surface area contributed by atoms with E-state index in [2.05, 4.69) is 10.4 Å². The van der Waals surface area contributed by atoms with E-state index < -0.39 is 10.0 Å². The van der Waals surface area contributed by atoms with Gasteiger partial charge in [0.25, 0.3) is 15.9 Å². The van der Waals surface area contributed by atoms with Crippen LogP contribution in [0.5, 0.6) is 0 Å². The third-order valence-electron chi connectivity index (χ3n) is 6.10. The van der Waals surface area contributed by atoms with Crippen molar-refractivity contribution >= 4 is 38.3 Å². The number of aromatic nitrogens is 3. The molecule has 0 radical (unpaired) electrons. The lowest BCUT2D eigenvalue weighted by molar-refractivity contribution is 0.102. The predicted octanol–water partition coefficient (Wildman–Crippen LogP) is 4.23. The summed E-state index contributed by atoms with van der Waals surface area (Å²) in [6.07, 6.45) is 2.12. The number of hydrogen-bond donors (Lipinski definition) is 1. The van der Waals surface area contributed by atoms with E-state index in [1.54, 1.807) is 41.1 Å². The topological polar surface area (TPSA) is 97.2 Å². The van der Waals surface area contributed by atoms with Crippen molar-refractivity contribution in [2.24, 2.45) is 7.05 Å². The highest BCUT2D eigenvalue weighted by Crippen LogP contribution is 2.40. The van der Waals surface area contributed by atoms with E-state index in [-0.39, 0.29) is 10.8 Å². The van der Waals surface area contributed by atoms with Gasteiger partial charge >= 0.3 is 0 Å². The maximum Gasteiger partial charge on any atom is 0.264 e. The van der Waals surface area contributed by atoms with Crippen LogP contribution in [0.25, 0.3) is 11.0 Å². The zero-order valence-electron chi connectivity index (χ0n) is 19.2. The lowest BCUT2D eigenvalue weighted by Crippen LogP contribution is -2.26. The zero-order chi connectivity index (χ0) is 24.0. The third kappa shape index (κ3) is 3.92. The molecule has 0 saturated heterocycles. The van der Waals surface area contributed by atoms with Gasteiger partial charge in [-0.25, -0.2) is 13.4 Å². The number of para-hydroxylation sites is 1. The fourth-order valence-electron chi connectivity index (χ4n) is 4.10. The highest BCUT2D eigenvalue weighted by molar-refractivity contribution is 7.92. The zero-order valence-corrected chi connectivity index (χ0v) is 20.0. The smallest absolute Gasteiger partial charge is 0.264 e. The Hall–Kier alpha value is -3.72. The van der Waals surface area contributed by atoms with Crippen molar-refractivity contribution in [1.82, 2.24) is 14.8 Å². The number of aryl methyl sites for hydroxylation is 2. The summed E-state index contributed by atoms with van der Waals surface area (Å²) in [4.78, 5) is 18.2. The molecule has 34 heavy (non-hydrogen) atoms. The first kappa shape index (κ1) is 22.1. The van der Waals surface area contributed by atoms with E-state index in [1.165, 1.54) is 23.5 Å². The molecule has 0 atom stereocenters. The van der Waals surface area contributed by atoms with Crippen molar-refractivity contribution < 1.29 is 13.2 Å². The first-order chi connectivity index (χ1) is 16.3. The molecular weight excluding hydrogens is 450 g/mol. The number of nitrogens with zero attached hydrogens (tertiary/aromatic N) is 4. The molecule has 4 aromatic rings. The molecule has 174 valence electrons. The molecule has 1 N–H and O–H groups in total. The molecule has 0 aliphatic heterocycles. The van der Waals surface area contributed by atoms with Crippen LogP contribution in [0.4, 0.5) is 11.4 Å². The van der Waals surface area contributed by atoms with Crippen LogP contribution in [-0.4, -0.2) is 36.1 Å². The van der Waals surface area contributed by atoms with Crippen LogP contribution in [0, 0.1) is 6.92 Å². The maximum atomic E-state index is 13.4. The summed E-state index contributed by atoms with van der Waals surface area (Å²) in [7, 11) is -0.478. The third-order valence-corrected chi connectivity index (χ3v) is 7.88. The van der Waals surface area contributed by atoms with Crippen LogP contribution in [0.15, 0.2) is 65.6 Å². The first-order valence-electron chi connectivity index (χ1n) is 11.1. The van der Waals surface area contributed by atoms with Gasteiger partial charge in [0.15, 0.2) is 5.65 Å². The van der Waals surface area contributed by atoms with Gasteiger partial charge in [-0.15, -0.1) is 0 Å². The monoisotopic (exact) mass is 475 g/mol. The Labute approximate surface area is 198 Å². The highest BCUT2D eigenvalue weighted by Gasteiger charge is 2.29. The van der Waals surface area contributed by atoms with Crippen LogP contribution in [0.3, 0.4) is 0 Å². The number of amides is 1. The molecule has 1 aliphatic rings. The number of anilines is 2. The minimum absolute atomic E-state index is 0.0905. The number of nitrogens with one attached hydrogen (secondary N) is 1. The second-order valence-electron chi connectivity index (χ2n) is 8.57. The van der Waals surface area contributed by atoms with Gasteiger partial charge in [0.05, 0.1) is 27.2 Å². The molecule has 5 rings (SSSR count). The molecule has 9 heteroatoms. The van der Waals surface area contributed by atoms with Gasteiger partial charge in [-0.1, -0.05) is 24.3 Å². The SMILES string of the molecule is Cc1nn(C)c2nc(C3CC3)cc(C(=O)Nc3cccc(S(=O)(=O)N(C)c4ccccc4)c3)c12. The minimum atomic E-state index is -3.80. The quantitative estimate of drug-likeness (QED) is 0.450. The van der Waals surface area contributed by atoms with E-state index in [1.807, 2.05) is 26.1 Å². The molecule has 1 saturated carbocycles. The van der Waals surface area contributed by atoms with Gasteiger partial charge in [-0.3, -0.25) is 13.8 Å². The average Bonchev–Trinajstić information content (AvgIpc) is 3.64. The first-order valence-corrected chi connectivity index (χ1v) is 12.5. The van der Waals surface area contributed by atoms with Crippen molar-refractivity contribution in [3.8, 4) is 0 Å². The number of sulfonamides is 1. The Bertz CT molecular complexity index is 1510. The second kappa shape index (κ2) is 8.25. The average molecular weight is 476 g/mol. The summed E-state index contributed by atoms with van der Waals surface area (Å²) in [5.41, 5.74) is 3.72. The number of fused-ring (bicyclic) bond motifs is 1. The van der Waals surface area contributed by atoms with Gasteiger partial charge in [0.1, 0.15) is 0 Å². The Balaban J connectivity index is 1.48. The van der Waals surface area contributed by atoms with Gasteiger partial charge < -0.3 is 5.32 Å². The number of carbonyl (C=O) groups excluding carboxylic acids is 1. The van der Waals surface area contributed by atoms with E-state index in [4.69, 9.17) is 4.98 Å². The number of carbonyl (C=O) groups is 1. The highest BCUT2D eigenvalue weighted by atomic mass is 32.2. The lowest BCUT2D eigenvalue weighted by atomic mass is 10.1. The predicted molar refractivity (Wildman–Crippen MR) is 132 cm³/mol. The summed E-state index contributed by atoms with van der Waals surface area (Å²) in [5.74, 6) is 0.0458. The molecule has 2 heterocycles. The maximum absolute atomic E-state index is 13.4. The Morgan fingerprint density at radius 3 is 2.53 bits per heavy atom. The Morgan fingerprint density at radius 2 is 1.82 bits per heavy atom. The van der Waals surface area contributed by atoms with Crippen LogP contribution in [-0.2, 0) is 17.1 Å². The molecule has 2 aromatic carbocycles. The molecule has 1 aliphatic carbocycles. The van der Waals surface area contributed by atoms with Crippen molar-refractivity contribution in [2.45, 2.75) is 30.6 Å². The summed E-state index contributed by atoms with van der Waals surface area (Å²) in [6, 6.07) is 17.0. The van der Waals surface area contributed by atoms with Gasteiger partial charge in [0.2, 0.25) is 0 Å². The van der Waals surface area contributed by atoms with Crippen LogP contribution in [0.2, 0.25) is 0 Å². The van der Waals surface area contributed by atoms with Gasteiger partial charge in [-0.2, -0.15) is 5.10 Å². The molecular formula is C25H25N5O3S. The fourth-order valence-corrected chi connectivity index (χ4v) is 5.34. The van der Waals surface area contributed by atoms with E-state index >= 15 is 0 Å². The molecule has 2 aromatic heterocycles. The largest absolute Gasteiger partial charge is 0.322 e. The molecule has 8 nitrogen and oxygen atoms in total. The second-order valence-corrected chi connectivity index (χ2v) is 10.5. The van der Waals surface area contributed by atoms with Crippen LogP contribution >= 0.6 is 0 Å². The van der Waals surface area contributed by atoms with Crippen molar-refractivity contribution in [1.29, 1.82) is 0 Å². The summed E-state index contributed by atoms with van der Waals surface area (Å²) < 4.78 is 29.3. The van der Waals surface area contributed by atoms with Crippen LogP contribution in [0.1, 0.15) is 40.5 Å². The van der Waals surface area contributed by atoms with Crippen molar-refractivity contribution in [3.63, 3.8) is 0 Å². The normalized spacial score (nSPS) is 13.7. The van der Waals surface area contributed by atoms with Gasteiger partial charge in [0, 0.05) is 31.4 Å². The summed E-state index contributed by atoms with van der Waals surface area (Å²) in [5, 5.41) is 8.03. The molecule has 0 bridgehead atoms. The fraction of sp³-hybridized carbons (Fsp3) is 0.240.